The summed E-state index contributed by atoms with van der Waals surface area (Å²) in [6.45, 7) is 0. The summed E-state index contributed by atoms with van der Waals surface area (Å²) in [7, 11) is 0. The minimum Gasteiger partial charge on any atom is -0.477 e. The molecular weight excluding hydrogens is 434 g/mol. The number of carbonyl (C=O) groups excluding carboxylic acids is 2. The monoisotopic (exact) mass is 455 g/mol. The summed E-state index contributed by atoms with van der Waals surface area (Å²) in [4.78, 5) is 39.4. The van der Waals surface area contributed by atoms with Gasteiger partial charge in [-0.05, 0) is 35.4 Å². The molecule has 2 aromatic carbocycles. The number of nitrogens with one attached hydrogen (secondary N) is 1. The van der Waals surface area contributed by atoms with E-state index in [9.17, 15) is 19.5 Å². The van der Waals surface area contributed by atoms with Crippen molar-refractivity contribution in [1.29, 1.82) is 0 Å². The van der Waals surface area contributed by atoms with Crippen molar-refractivity contribution in [3.8, 4) is 0 Å². The van der Waals surface area contributed by atoms with E-state index in [1.54, 1.807) is 24.3 Å². The van der Waals surface area contributed by atoms with Crippen molar-refractivity contribution in [3.63, 3.8) is 0 Å². The molecule has 1 unspecified atom stereocenters. The van der Waals surface area contributed by atoms with Crippen LogP contribution in [0.5, 0.6) is 0 Å². The number of carbonyl (C=O) groups is 3. The van der Waals surface area contributed by atoms with E-state index >= 15 is 0 Å². The van der Waals surface area contributed by atoms with Gasteiger partial charge in [0.1, 0.15) is 17.1 Å². The molecular formula is C22H21N3O4S2. The number of hydrogen-bond acceptors (Lipinski definition) is 6. The molecule has 0 aliphatic carbocycles. The Morgan fingerprint density at radius 1 is 1.16 bits per heavy atom. The third-order valence-electron chi connectivity index (χ3n) is 5.07. The highest BCUT2D eigenvalue weighted by Gasteiger charge is 2.54. The fourth-order valence-electron chi connectivity index (χ4n) is 3.53. The van der Waals surface area contributed by atoms with Crippen LogP contribution in [0.15, 0.2) is 70.8 Å². The summed E-state index contributed by atoms with van der Waals surface area (Å²) in [6.07, 6.45) is 0.127. The molecule has 1 fully saturated rings. The van der Waals surface area contributed by atoms with Crippen LogP contribution in [0.3, 0.4) is 0 Å². The van der Waals surface area contributed by atoms with Crippen LogP contribution in [-0.2, 0) is 20.8 Å². The summed E-state index contributed by atoms with van der Waals surface area (Å²) in [6, 6.07) is 16.0. The highest BCUT2D eigenvalue weighted by molar-refractivity contribution is 8.01. The number of benzene rings is 2. The number of fused-ring (bicyclic) bond motifs is 1. The van der Waals surface area contributed by atoms with Gasteiger partial charge in [0.15, 0.2) is 0 Å². The first-order valence-corrected chi connectivity index (χ1v) is 11.7. The average Bonchev–Trinajstić information content (AvgIpc) is 2.77. The first kappa shape index (κ1) is 21.3. The van der Waals surface area contributed by atoms with E-state index in [4.69, 9.17) is 5.73 Å². The number of β-lactam (4-membered cyclic amide) rings is 1. The van der Waals surface area contributed by atoms with Crippen molar-refractivity contribution >= 4 is 47.0 Å². The zero-order valence-corrected chi connectivity index (χ0v) is 18.1. The fraction of sp³-hybridized carbons (Fsp3) is 0.227. The number of nitrogen functional groups attached to an aromatic ring is 1. The van der Waals surface area contributed by atoms with Crippen molar-refractivity contribution in [3.05, 3.63) is 71.4 Å². The molecule has 2 heterocycles. The van der Waals surface area contributed by atoms with Crippen molar-refractivity contribution in [2.24, 2.45) is 0 Å². The molecule has 2 atom stereocenters. The maximum Gasteiger partial charge on any atom is 0.352 e. The standard InChI is InChI=1S/C22H21N3O4S2/c23-15-8-6-13(7-9-15)10-17(26)24-18-20(27)25-19(22(28)29)14(12-31-21(18)25)11-30-16-4-2-1-3-5-16/h1-9,18,21H,10-12,23H2,(H,24,26)(H,28,29)/t18-,21?/m1/s1. The zero-order chi connectivity index (χ0) is 22.0. The molecule has 0 aromatic heterocycles. The number of nitrogens with two attached hydrogens (primary N) is 1. The molecule has 0 saturated carbocycles. The van der Waals surface area contributed by atoms with Crippen molar-refractivity contribution in [2.45, 2.75) is 22.7 Å². The lowest BCUT2D eigenvalue weighted by Crippen LogP contribution is -2.70. The van der Waals surface area contributed by atoms with Crippen molar-refractivity contribution in [1.82, 2.24) is 10.2 Å². The number of anilines is 1. The predicted molar refractivity (Wildman–Crippen MR) is 121 cm³/mol. The summed E-state index contributed by atoms with van der Waals surface area (Å²) >= 11 is 3.02. The van der Waals surface area contributed by atoms with Gasteiger partial charge in [-0.2, -0.15) is 0 Å². The average molecular weight is 456 g/mol. The molecule has 9 heteroatoms. The smallest absolute Gasteiger partial charge is 0.352 e. The number of hydrogen-bond donors (Lipinski definition) is 3. The number of thioether (sulfide) groups is 2. The maximum atomic E-state index is 12.7. The Morgan fingerprint density at radius 3 is 2.55 bits per heavy atom. The van der Waals surface area contributed by atoms with Gasteiger partial charge in [0.2, 0.25) is 5.91 Å². The third-order valence-corrected chi connectivity index (χ3v) is 7.50. The number of rotatable bonds is 7. The molecule has 2 aromatic rings. The molecule has 1 saturated heterocycles. The Hall–Kier alpha value is -2.91. The number of nitrogens with zero attached hydrogens (tertiary/aromatic N) is 1. The van der Waals surface area contributed by atoms with E-state index in [2.05, 4.69) is 5.32 Å². The Bertz CT molecular complexity index is 1040. The second kappa shape index (κ2) is 9.07. The summed E-state index contributed by atoms with van der Waals surface area (Å²) < 4.78 is 0. The molecule has 2 amide bonds. The van der Waals surface area contributed by atoms with Gasteiger partial charge in [0.05, 0.1) is 6.42 Å². The van der Waals surface area contributed by atoms with E-state index in [0.29, 0.717) is 22.8 Å². The minimum absolute atomic E-state index is 0.0428. The number of aliphatic carboxylic acids is 1. The SMILES string of the molecule is Nc1ccc(CC(=O)N[C@@H]2C(=O)N3C(C(=O)O)=C(CSc4ccccc4)CSC23)cc1. The van der Waals surface area contributed by atoms with Crippen LogP contribution >= 0.6 is 23.5 Å². The number of carboxylic acids is 1. The summed E-state index contributed by atoms with van der Waals surface area (Å²) in [5, 5.41) is 12.1. The molecule has 160 valence electrons. The van der Waals surface area contributed by atoms with Gasteiger partial charge >= 0.3 is 5.97 Å². The molecule has 2 aliphatic heterocycles. The predicted octanol–water partition coefficient (Wildman–Crippen LogP) is 2.34. The van der Waals surface area contributed by atoms with Crippen LogP contribution in [0.25, 0.3) is 0 Å². The van der Waals surface area contributed by atoms with Crippen LogP contribution in [-0.4, -0.2) is 50.7 Å². The van der Waals surface area contributed by atoms with Crippen LogP contribution in [0.4, 0.5) is 5.69 Å². The molecule has 7 nitrogen and oxygen atoms in total. The highest BCUT2D eigenvalue weighted by atomic mass is 32.2. The van der Waals surface area contributed by atoms with E-state index in [1.165, 1.54) is 28.4 Å². The van der Waals surface area contributed by atoms with Crippen LogP contribution in [0.1, 0.15) is 5.56 Å². The fourth-order valence-corrected chi connectivity index (χ4v) is 5.93. The zero-order valence-electron chi connectivity index (χ0n) is 16.5. The Morgan fingerprint density at radius 2 is 1.87 bits per heavy atom. The molecule has 0 radical (unpaired) electrons. The third kappa shape index (κ3) is 4.57. The second-order valence-electron chi connectivity index (χ2n) is 7.23. The maximum absolute atomic E-state index is 12.7. The lowest BCUT2D eigenvalue weighted by Gasteiger charge is -2.49. The van der Waals surface area contributed by atoms with Crippen LogP contribution in [0, 0.1) is 0 Å². The van der Waals surface area contributed by atoms with Crippen LogP contribution < -0.4 is 11.1 Å². The van der Waals surface area contributed by atoms with E-state index in [-0.39, 0.29) is 23.9 Å². The van der Waals surface area contributed by atoms with Gasteiger partial charge in [-0.25, -0.2) is 4.79 Å². The van der Waals surface area contributed by atoms with Gasteiger partial charge in [0.25, 0.3) is 5.91 Å². The minimum atomic E-state index is -1.12. The normalized spacial score (nSPS) is 20.1. The quantitative estimate of drug-likeness (QED) is 0.334. The number of carboxylic acid groups (broad SMARTS) is 1. The van der Waals surface area contributed by atoms with E-state index in [1.807, 2.05) is 30.3 Å². The molecule has 2 aliphatic rings. The van der Waals surface area contributed by atoms with Crippen LogP contribution in [0.2, 0.25) is 0 Å². The second-order valence-corrected chi connectivity index (χ2v) is 9.39. The van der Waals surface area contributed by atoms with E-state index < -0.39 is 17.4 Å². The van der Waals surface area contributed by atoms with Gasteiger partial charge < -0.3 is 16.2 Å². The van der Waals surface area contributed by atoms with Gasteiger partial charge in [-0.15, -0.1) is 23.5 Å². The summed E-state index contributed by atoms with van der Waals surface area (Å²) in [5.41, 5.74) is 7.81. The van der Waals surface area contributed by atoms with Crippen molar-refractivity contribution in [2.75, 3.05) is 17.2 Å². The first-order valence-electron chi connectivity index (χ1n) is 9.65. The Kier molecular flexibility index (Phi) is 6.24. The number of amides is 2. The highest BCUT2D eigenvalue weighted by Crippen LogP contribution is 2.41. The molecule has 0 bridgehead atoms. The van der Waals surface area contributed by atoms with Gasteiger partial charge in [-0.3, -0.25) is 14.5 Å². The molecule has 0 spiro atoms. The molecule has 4 rings (SSSR count). The lowest BCUT2D eigenvalue weighted by atomic mass is 10.0. The largest absolute Gasteiger partial charge is 0.477 e. The van der Waals surface area contributed by atoms with Gasteiger partial charge in [-0.1, -0.05) is 30.3 Å². The lowest BCUT2D eigenvalue weighted by molar-refractivity contribution is -0.150. The van der Waals surface area contributed by atoms with Gasteiger partial charge in [0, 0.05) is 22.1 Å². The Balaban J connectivity index is 1.42. The Labute approximate surface area is 188 Å². The first-order chi connectivity index (χ1) is 14.9. The summed E-state index contributed by atoms with van der Waals surface area (Å²) in [5.74, 6) is -0.796. The van der Waals surface area contributed by atoms with Crippen molar-refractivity contribution < 1.29 is 19.5 Å². The molecule has 31 heavy (non-hydrogen) atoms. The molecule has 4 N–H and O–H groups in total. The van der Waals surface area contributed by atoms with E-state index in [0.717, 1.165) is 10.5 Å². The topological polar surface area (TPSA) is 113 Å².